The molecule has 2 aromatic heterocycles. The first-order chi connectivity index (χ1) is 13.2. The first kappa shape index (κ1) is 15.9. The Morgan fingerprint density at radius 3 is 2.81 bits per heavy atom. The molecule has 0 aliphatic carbocycles. The van der Waals surface area contributed by atoms with Crippen LogP contribution in [-0.2, 0) is 20.0 Å². The van der Waals surface area contributed by atoms with E-state index in [-0.39, 0.29) is 5.91 Å². The van der Waals surface area contributed by atoms with Gasteiger partial charge in [0, 0.05) is 47.4 Å². The number of benzene rings is 2. The number of hydrogen-bond acceptors (Lipinski definition) is 2. The lowest BCUT2D eigenvalue weighted by molar-refractivity contribution is 0.0732. The minimum Gasteiger partial charge on any atom is -0.361 e. The summed E-state index contributed by atoms with van der Waals surface area (Å²) in [6, 6.07) is 18.1. The highest BCUT2D eigenvalue weighted by Gasteiger charge is 2.27. The fourth-order valence-electron chi connectivity index (χ4n) is 4.02. The monoisotopic (exact) mass is 356 g/mol. The fraction of sp³-hybridized carbons (Fsp3) is 0.182. The Morgan fingerprint density at radius 2 is 1.96 bits per heavy atom. The molecule has 1 amide bonds. The van der Waals surface area contributed by atoms with Crippen molar-refractivity contribution in [3.05, 3.63) is 77.6 Å². The zero-order valence-corrected chi connectivity index (χ0v) is 15.1. The maximum absolute atomic E-state index is 13.0. The first-order valence-electron chi connectivity index (χ1n) is 9.17. The van der Waals surface area contributed by atoms with Gasteiger partial charge in [-0.1, -0.05) is 30.3 Å². The topological polar surface area (TPSA) is 53.9 Å². The lowest BCUT2D eigenvalue weighted by Gasteiger charge is -2.26. The summed E-state index contributed by atoms with van der Waals surface area (Å²) < 4.78 is 1.94. The van der Waals surface area contributed by atoms with Crippen LogP contribution in [0.2, 0.25) is 0 Å². The third kappa shape index (κ3) is 2.63. The van der Waals surface area contributed by atoms with Crippen LogP contribution in [0.5, 0.6) is 0 Å². The lowest BCUT2D eigenvalue weighted by atomic mass is 9.99. The van der Waals surface area contributed by atoms with Gasteiger partial charge >= 0.3 is 0 Å². The number of aromatic nitrogens is 3. The number of hydrogen-bond donors (Lipinski definition) is 1. The summed E-state index contributed by atoms with van der Waals surface area (Å²) in [5.74, 6) is 0.0654. The van der Waals surface area contributed by atoms with Crippen molar-refractivity contribution in [2.75, 3.05) is 6.54 Å². The van der Waals surface area contributed by atoms with Gasteiger partial charge < -0.3 is 9.88 Å². The second-order valence-electron chi connectivity index (χ2n) is 7.02. The van der Waals surface area contributed by atoms with Crippen LogP contribution in [0.3, 0.4) is 0 Å². The Hall–Kier alpha value is -3.34. The highest BCUT2D eigenvalue weighted by atomic mass is 16.2. The maximum atomic E-state index is 13.0. The Kier molecular flexibility index (Phi) is 3.60. The summed E-state index contributed by atoms with van der Waals surface area (Å²) in [6.45, 7) is 1.27. The molecule has 27 heavy (non-hydrogen) atoms. The highest BCUT2D eigenvalue weighted by Crippen LogP contribution is 2.30. The van der Waals surface area contributed by atoms with Crippen molar-refractivity contribution in [3.63, 3.8) is 0 Å². The van der Waals surface area contributed by atoms with Gasteiger partial charge in [-0.3, -0.25) is 9.48 Å². The summed E-state index contributed by atoms with van der Waals surface area (Å²) in [5.41, 5.74) is 6.36. The van der Waals surface area contributed by atoms with Gasteiger partial charge in [0.15, 0.2) is 0 Å². The molecular formula is C22H20N4O. The molecule has 0 saturated heterocycles. The van der Waals surface area contributed by atoms with Crippen LogP contribution >= 0.6 is 0 Å². The van der Waals surface area contributed by atoms with Crippen molar-refractivity contribution in [3.8, 4) is 11.3 Å². The Balaban J connectivity index is 1.45. The van der Waals surface area contributed by atoms with E-state index in [1.54, 1.807) is 0 Å². The summed E-state index contributed by atoms with van der Waals surface area (Å²) >= 11 is 0. The molecule has 134 valence electrons. The van der Waals surface area contributed by atoms with Gasteiger partial charge in [-0.2, -0.15) is 5.10 Å². The smallest absolute Gasteiger partial charge is 0.254 e. The van der Waals surface area contributed by atoms with E-state index in [1.165, 1.54) is 11.1 Å². The van der Waals surface area contributed by atoms with E-state index >= 15 is 0 Å². The largest absolute Gasteiger partial charge is 0.361 e. The van der Waals surface area contributed by atoms with Crippen molar-refractivity contribution in [1.29, 1.82) is 0 Å². The Morgan fingerprint density at radius 1 is 1.11 bits per heavy atom. The summed E-state index contributed by atoms with van der Waals surface area (Å²) in [5, 5.41) is 5.77. The first-order valence-corrected chi connectivity index (χ1v) is 9.17. The number of amides is 1. The molecule has 0 saturated carbocycles. The van der Waals surface area contributed by atoms with Crippen LogP contribution in [0.4, 0.5) is 0 Å². The molecule has 0 unspecified atom stereocenters. The van der Waals surface area contributed by atoms with Crippen LogP contribution in [0.25, 0.3) is 22.2 Å². The molecule has 3 heterocycles. The molecule has 1 aliphatic heterocycles. The second kappa shape index (κ2) is 6.13. The van der Waals surface area contributed by atoms with Gasteiger partial charge in [-0.25, -0.2) is 0 Å². The van der Waals surface area contributed by atoms with Crippen molar-refractivity contribution < 1.29 is 4.79 Å². The van der Waals surface area contributed by atoms with Crippen LogP contribution in [0.15, 0.2) is 60.8 Å². The number of nitrogens with zero attached hydrogens (tertiary/aromatic N) is 3. The quantitative estimate of drug-likeness (QED) is 0.594. The lowest BCUT2D eigenvalue weighted by Crippen LogP contribution is -2.35. The predicted octanol–water partition coefficient (Wildman–Crippen LogP) is 3.77. The van der Waals surface area contributed by atoms with Crippen LogP contribution < -0.4 is 0 Å². The molecule has 0 fully saturated rings. The van der Waals surface area contributed by atoms with E-state index in [0.717, 1.165) is 34.3 Å². The predicted molar refractivity (Wildman–Crippen MR) is 105 cm³/mol. The average molecular weight is 356 g/mol. The highest BCUT2D eigenvalue weighted by molar-refractivity contribution is 5.98. The number of aromatic amines is 1. The Labute approximate surface area is 157 Å². The van der Waals surface area contributed by atoms with Crippen LogP contribution in [-0.4, -0.2) is 32.1 Å². The molecule has 0 bridgehead atoms. The molecule has 1 aliphatic rings. The number of carbonyl (C=O) groups excluding carboxylic acids is 1. The van der Waals surface area contributed by atoms with E-state index in [0.29, 0.717) is 13.1 Å². The molecule has 0 atom stereocenters. The van der Waals surface area contributed by atoms with Gasteiger partial charge in [0.2, 0.25) is 0 Å². The van der Waals surface area contributed by atoms with Crippen LogP contribution in [0.1, 0.15) is 21.6 Å². The normalized spacial score (nSPS) is 13.7. The van der Waals surface area contributed by atoms with E-state index in [2.05, 4.69) is 17.1 Å². The summed E-state index contributed by atoms with van der Waals surface area (Å²) in [4.78, 5) is 18.1. The molecule has 0 spiro atoms. The van der Waals surface area contributed by atoms with E-state index < -0.39 is 0 Å². The van der Waals surface area contributed by atoms with E-state index in [9.17, 15) is 4.79 Å². The zero-order chi connectivity index (χ0) is 18.4. The van der Waals surface area contributed by atoms with Crippen LogP contribution in [0, 0.1) is 0 Å². The zero-order valence-electron chi connectivity index (χ0n) is 15.1. The minimum atomic E-state index is 0.0654. The number of fused-ring (bicyclic) bond motifs is 2. The number of nitrogens with one attached hydrogen (secondary N) is 1. The van der Waals surface area contributed by atoms with Gasteiger partial charge in [-0.05, 0) is 30.7 Å². The molecule has 0 radical (unpaired) electrons. The molecule has 2 aromatic carbocycles. The third-order valence-electron chi connectivity index (χ3n) is 5.34. The van der Waals surface area contributed by atoms with Crippen molar-refractivity contribution in [1.82, 2.24) is 19.7 Å². The van der Waals surface area contributed by atoms with Gasteiger partial charge in [-0.15, -0.1) is 0 Å². The SMILES string of the molecule is Cn1nc2c(c1-c1ccccc1)CCN(C(=O)c1ccc3[nH]ccc3c1)C2. The van der Waals surface area contributed by atoms with E-state index in [1.807, 2.05) is 65.3 Å². The van der Waals surface area contributed by atoms with Crippen molar-refractivity contribution in [2.24, 2.45) is 7.05 Å². The minimum absolute atomic E-state index is 0.0654. The molecule has 5 rings (SSSR count). The average Bonchev–Trinajstić information content (AvgIpc) is 3.30. The molecule has 1 N–H and O–H groups in total. The molecule has 5 nitrogen and oxygen atoms in total. The fourth-order valence-corrected chi connectivity index (χ4v) is 4.02. The third-order valence-corrected chi connectivity index (χ3v) is 5.34. The number of rotatable bonds is 2. The Bertz CT molecular complexity index is 1140. The van der Waals surface area contributed by atoms with Crippen molar-refractivity contribution >= 4 is 16.8 Å². The number of H-pyrrole nitrogens is 1. The molecule has 4 aromatic rings. The number of carbonyl (C=O) groups is 1. The van der Waals surface area contributed by atoms with E-state index in [4.69, 9.17) is 5.10 Å². The molecule has 5 heteroatoms. The van der Waals surface area contributed by atoms with Crippen molar-refractivity contribution in [2.45, 2.75) is 13.0 Å². The van der Waals surface area contributed by atoms with Gasteiger partial charge in [0.05, 0.1) is 17.9 Å². The van der Waals surface area contributed by atoms with Gasteiger partial charge in [0.1, 0.15) is 0 Å². The van der Waals surface area contributed by atoms with Gasteiger partial charge in [0.25, 0.3) is 5.91 Å². The summed E-state index contributed by atoms with van der Waals surface area (Å²) in [6.07, 6.45) is 2.72. The number of aryl methyl sites for hydroxylation is 1. The summed E-state index contributed by atoms with van der Waals surface area (Å²) in [7, 11) is 1.98. The standard InChI is InChI=1S/C22H20N4O/c1-25-21(15-5-3-2-4-6-15)18-10-12-26(14-20(18)24-25)22(27)17-7-8-19-16(13-17)9-11-23-19/h2-9,11,13,23H,10,12,14H2,1H3. The molecular weight excluding hydrogens is 336 g/mol. The second-order valence-corrected chi connectivity index (χ2v) is 7.02. The maximum Gasteiger partial charge on any atom is 0.254 e.